The van der Waals surface area contributed by atoms with E-state index in [0.29, 0.717) is 11.5 Å². The summed E-state index contributed by atoms with van der Waals surface area (Å²) in [6.07, 6.45) is 0.567. The van der Waals surface area contributed by atoms with Crippen molar-refractivity contribution in [1.82, 2.24) is 10.6 Å². The number of hydrogen-bond acceptors (Lipinski definition) is 6. The van der Waals surface area contributed by atoms with Gasteiger partial charge in [0.15, 0.2) is 12.7 Å². The van der Waals surface area contributed by atoms with Crippen molar-refractivity contribution in [1.29, 1.82) is 0 Å². The van der Waals surface area contributed by atoms with Gasteiger partial charge in [-0.05, 0) is 42.2 Å². The molecular formula is C21H26N2O6. The molecule has 1 atom stereocenters. The fourth-order valence-electron chi connectivity index (χ4n) is 2.33. The van der Waals surface area contributed by atoms with E-state index in [1.165, 1.54) is 13.2 Å². The first-order valence-electron chi connectivity index (χ1n) is 9.19. The van der Waals surface area contributed by atoms with Gasteiger partial charge in [0, 0.05) is 0 Å². The van der Waals surface area contributed by atoms with Gasteiger partial charge in [-0.3, -0.25) is 10.1 Å². The summed E-state index contributed by atoms with van der Waals surface area (Å²) in [5, 5.41) is 4.50. The first kappa shape index (κ1) is 22.0. The first-order valence-corrected chi connectivity index (χ1v) is 9.19. The maximum atomic E-state index is 12.0. The van der Waals surface area contributed by atoms with Crippen LogP contribution in [0.15, 0.2) is 47.1 Å². The van der Waals surface area contributed by atoms with Crippen molar-refractivity contribution >= 4 is 17.9 Å². The zero-order valence-corrected chi connectivity index (χ0v) is 17.0. The monoisotopic (exact) mass is 402 g/mol. The van der Waals surface area contributed by atoms with Crippen molar-refractivity contribution in [2.45, 2.75) is 45.8 Å². The zero-order chi connectivity index (χ0) is 21.4. The van der Waals surface area contributed by atoms with E-state index in [1.807, 2.05) is 12.1 Å². The number of imide groups is 1. The van der Waals surface area contributed by atoms with E-state index in [2.05, 4.69) is 31.4 Å². The average Bonchev–Trinajstić information content (AvgIpc) is 3.17. The van der Waals surface area contributed by atoms with Crippen LogP contribution in [0.2, 0.25) is 0 Å². The van der Waals surface area contributed by atoms with Gasteiger partial charge in [-0.1, -0.05) is 32.9 Å². The van der Waals surface area contributed by atoms with Crippen molar-refractivity contribution in [3.05, 3.63) is 54.0 Å². The summed E-state index contributed by atoms with van der Waals surface area (Å²) >= 11 is 0. The predicted molar refractivity (Wildman–Crippen MR) is 105 cm³/mol. The van der Waals surface area contributed by atoms with E-state index < -0.39 is 30.6 Å². The summed E-state index contributed by atoms with van der Waals surface area (Å²) in [6.45, 7) is 7.37. The fourth-order valence-corrected chi connectivity index (χ4v) is 2.33. The van der Waals surface area contributed by atoms with Gasteiger partial charge in [0.05, 0.1) is 12.8 Å². The number of carbonyl (C=O) groups excluding carboxylic acids is 3. The molecule has 1 aromatic heterocycles. The van der Waals surface area contributed by atoms with Gasteiger partial charge in [-0.15, -0.1) is 0 Å². The lowest BCUT2D eigenvalue weighted by Gasteiger charge is -2.20. The van der Waals surface area contributed by atoms with Crippen molar-refractivity contribution in [2.24, 2.45) is 0 Å². The molecule has 2 aromatic rings. The summed E-state index contributed by atoms with van der Waals surface area (Å²) in [4.78, 5) is 35.3. The van der Waals surface area contributed by atoms with Crippen LogP contribution in [0.4, 0.5) is 4.79 Å². The maximum absolute atomic E-state index is 12.0. The lowest BCUT2D eigenvalue weighted by Crippen LogP contribution is -2.41. The molecule has 0 aliphatic rings. The number of carbonyl (C=O) groups is 3. The van der Waals surface area contributed by atoms with Crippen LogP contribution in [0.5, 0.6) is 5.75 Å². The molecule has 1 aromatic carbocycles. The van der Waals surface area contributed by atoms with Crippen LogP contribution in [0.25, 0.3) is 0 Å². The zero-order valence-electron chi connectivity index (χ0n) is 17.0. The molecule has 0 unspecified atom stereocenters. The van der Waals surface area contributed by atoms with Crippen LogP contribution in [-0.2, 0) is 26.3 Å². The van der Waals surface area contributed by atoms with Gasteiger partial charge >= 0.3 is 12.0 Å². The highest BCUT2D eigenvalue weighted by molar-refractivity contribution is 5.95. The van der Waals surface area contributed by atoms with Crippen LogP contribution in [-0.4, -0.2) is 30.6 Å². The molecule has 2 N–H and O–H groups in total. The highest BCUT2D eigenvalue weighted by Gasteiger charge is 2.19. The normalized spacial score (nSPS) is 12.0. The lowest BCUT2D eigenvalue weighted by molar-refractivity contribution is -0.154. The van der Waals surface area contributed by atoms with Crippen molar-refractivity contribution in [3.63, 3.8) is 0 Å². The molecule has 3 amide bonds. The number of amides is 3. The van der Waals surface area contributed by atoms with Crippen LogP contribution in [0.1, 0.15) is 39.0 Å². The van der Waals surface area contributed by atoms with E-state index in [9.17, 15) is 14.4 Å². The summed E-state index contributed by atoms with van der Waals surface area (Å²) < 4.78 is 15.5. The largest absolute Gasteiger partial charge is 0.479 e. The molecule has 0 saturated carbocycles. The second kappa shape index (κ2) is 9.77. The Bertz CT molecular complexity index is 822. The van der Waals surface area contributed by atoms with E-state index in [1.54, 1.807) is 24.3 Å². The Balaban J connectivity index is 1.71. The SMILES string of the molecule is C[C@H](Oc1ccc(C(C)(C)C)cc1)C(=O)OCC(=O)NC(=O)NCc1ccco1. The smallest absolute Gasteiger partial charge is 0.347 e. The van der Waals surface area contributed by atoms with Crippen LogP contribution in [0.3, 0.4) is 0 Å². The third kappa shape index (κ3) is 7.33. The third-order valence-corrected chi connectivity index (χ3v) is 3.97. The first-order chi connectivity index (χ1) is 13.6. The Labute approximate surface area is 169 Å². The second-order valence-electron chi connectivity index (χ2n) is 7.45. The number of urea groups is 1. The summed E-state index contributed by atoms with van der Waals surface area (Å²) in [5.41, 5.74) is 1.16. The van der Waals surface area contributed by atoms with Crippen LogP contribution in [0, 0.1) is 0 Å². The number of furan rings is 1. The van der Waals surface area contributed by atoms with Gasteiger partial charge < -0.3 is 19.2 Å². The quantitative estimate of drug-likeness (QED) is 0.690. The Morgan fingerprint density at radius 3 is 2.38 bits per heavy atom. The molecule has 8 heteroatoms. The molecule has 0 bridgehead atoms. The van der Waals surface area contributed by atoms with Crippen molar-refractivity contribution in [2.75, 3.05) is 6.61 Å². The Morgan fingerprint density at radius 1 is 1.10 bits per heavy atom. The van der Waals surface area contributed by atoms with E-state index in [-0.39, 0.29) is 12.0 Å². The number of benzene rings is 1. The minimum Gasteiger partial charge on any atom is -0.479 e. The maximum Gasteiger partial charge on any atom is 0.347 e. The van der Waals surface area contributed by atoms with Gasteiger partial charge in [0.25, 0.3) is 5.91 Å². The third-order valence-electron chi connectivity index (χ3n) is 3.97. The standard InChI is InChI=1S/C21H26N2O6/c1-14(29-16-9-7-15(8-10-16)21(2,3)4)19(25)28-13-18(24)23-20(26)22-12-17-6-5-11-27-17/h5-11,14H,12-13H2,1-4H3,(H2,22,23,24,26)/t14-/m0/s1. The second-order valence-corrected chi connectivity index (χ2v) is 7.45. The van der Waals surface area contributed by atoms with Crippen molar-refractivity contribution in [3.8, 4) is 5.75 Å². The number of rotatable bonds is 7. The highest BCUT2D eigenvalue weighted by Crippen LogP contribution is 2.24. The average molecular weight is 402 g/mol. The molecule has 29 heavy (non-hydrogen) atoms. The molecule has 0 aliphatic heterocycles. The molecule has 156 valence electrons. The molecule has 0 radical (unpaired) electrons. The van der Waals surface area contributed by atoms with Gasteiger partial charge in [-0.2, -0.15) is 0 Å². The molecular weight excluding hydrogens is 376 g/mol. The molecule has 0 aliphatic carbocycles. The minimum absolute atomic E-state index is 0.0146. The minimum atomic E-state index is -0.906. The van der Waals surface area contributed by atoms with Crippen LogP contribution < -0.4 is 15.4 Å². The van der Waals surface area contributed by atoms with Gasteiger partial charge in [0.2, 0.25) is 0 Å². The summed E-state index contributed by atoms with van der Waals surface area (Å²) in [6, 6.07) is 10.1. The fraction of sp³-hybridized carbons (Fsp3) is 0.381. The van der Waals surface area contributed by atoms with Gasteiger partial charge in [-0.25, -0.2) is 9.59 Å². The van der Waals surface area contributed by atoms with E-state index >= 15 is 0 Å². The Morgan fingerprint density at radius 2 is 1.79 bits per heavy atom. The Hall–Kier alpha value is -3.29. The number of esters is 1. The summed E-state index contributed by atoms with van der Waals surface area (Å²) in [5.74, 6) is -0.405. The number of ether oxygens (including phenoxy) is 2. The summed E-state index contributed by atoms with van der Waals surface area (Å²) in [7, 11) is 0. The molecule has 8 nitrogen and oxygen atoms in total. The predicted octanol–water partition coefficient (Wildman–Crippen LogP) is 2.91. The van der Waals surface area contributed by atoms with Gasteiger partial charge in [0.1, 0.15) is 11.5 Å². The molecule has 0 fully saturated rings. The molecule has 2 rings (SSSR count). The Kier molecular flexibility index (Phi) is 7.41. The topological polar surface area (TPSA) is 107 Å². The molecule has 0 spiro atoms. The van der Waals surface area contributed by atoms with E-state index in [0.717, 1.165) is 5.56 Å². The van der Waals surface area contributed by atoms with E-state index in [4.69, 9.17) is 13.9 Å². The molecule has 0 saturated heterocycles. The highest BCUT2D eigenvalue weighted by atomic mass is 16.6. The van der Waals surface area contributed by atoms with Crippen LogP contribution >= 0.6 is 0 Å². The van der Waals surface area contributed by atoms with Crippen molar-refractivity contribution < 1.29 is 28.3 Å². The number of hydrogen-bond donors (Lipinski definition) is 2. The number of nitrogens with one attached hydrogen (secondary N) is 2. The lowest BCUT2D eigenvalue weighted by atomic mass is 9.87. The molecule has 1 heterocycles.